The molecule has 0 aliphatic carbocycles. The van der Waals surface area contributed by atoms with Gasteiger partial charge in [-0.15, -0.1) is 0 Å². The molecular formula is C64H52N2. The molecule has 0 aliphatic heterocycles. The lowest BCUT2D eigenvalue weighted by Gasteiger charge is -2.24. The van der Waals surface area contributed by atoms with Crippen molar-refractivity contribution in [2.24, 2.45) is 0 Å². The Morgan fingerprint density at radius 2 is 0.545 bits per heavy atom. The van der Waals surface area contributed by atoms with E-state index in [1.807, 2.05) is 0 Å². The second kappa shape index (κ2) is 20.8. The first-order valence-electron chi connectivity index (χ1n) is 22.6. The van der Waals surface area contributed by atoms with Crippen molar-refractivity contribution in [1.29, 1.82) is 0 Å². The summed E-state index contributed by atoms with van der Waals surface area (Å²) in [7, 11) is 0. The number of hydrogen-bond acceptors (Lipinski definition) is 2. The van der Waals surface area contributed by atoms with Crippen LogP contribution in [0.2, 0.25) is 0 Å². The molecule has 9 rings (SSSR count). The van der Waals surface area contributed by atoms with E-state index in [0.717, 1.165) is 56.1 Å². The summed E-state index contributed by atoms with van der Waals surface area (Å²) in [5, 5.41) is 0. The molecule has 0 heterocycles. The van der Waals surface area contributed by atoms with E-state index in [-0.39, 0.29) is 0 Å². The molecular weight excluding hydrogens is 797 g/mol. The van der Waals surface area contributed by atoms with Crippen molar-refractivity contribution in [3.8, 4) is 0 Å². The Morgan fingerprint density at radius 1 is 0.273 bits per heavy atom. The van der Waals surface area contributed by atoms with Crippen molar-refractivity contribution in [2.45, 2.75) is 13.8 Å². The number of hydrogen-bond donors (Lipinski definition) is 0. The van der Waals surface area contributed by atoms with Crippen molar-refractivity contribution in [1.82, 2.24) is 0 Å². The number of benzene rings is 9. The van der Waals surface area contributed by atoms with Crippen molar-refractivity contribution in [3.05, 3.63) is 311 Å². The maximum Gasteiger partial charge on any atom is 0.0456 e. The minimum absolute atomic E-state index is 1.09. The highest BCUT2D eigenvalue weighted by Crippen LogP contribution is 2.34. The van der Waals surface area contributed by atoms with Gasteiger partial charge in [-0.25, -0.2) is 0 Å². The zero-order chi connectivity index (χ0) is 44.9. The molecule has 0 unspecified atom stereocenters. The van der Waals surface area contributed by atoms with Gasteiger partial charge < -0.3 is 9.80 Å². The molecule has 9 aromatic rings. The van der Waals surface area contributed by atoms with E-state index in [1.54, 1.807) is 0 Å². The van der Waals surface area contributed by atoms with Crippen molar-refractivity contribution >= 4 is 58.2 Å². The predicted molar refractivity (Wildman–Crippen MR) is 284 cm³/mol. The molecule has 2 nitrogen and oxygen atoms in total. The molecule has 0 radical (unpaired) electrons. The van der Waals surface area contributed by atoms with Gasteiger partial charge >= 0.3 is 0 Å². The number of aryl methyl sites for hydroxylation is 2. The normalized spacial score (nSPS) is 11.1. The van der Waals surface area contributed by atoms with Gasteiger partial charge in [-0.1, -0.05) is 223 Å². The van der Waals surface area contributed by atoms with Gasteiger partial charge in [-0.05, 0) is 113 Å². The highest BCUT2D eigenvalue weighted by Gasteiger charge is 2.14. The molecule has 0 fully saturated rings. The predicted octanol–water partition coefficient (Wildman–Crippen LogP) is 17.1. The Labute approximate surface area is 390 Å². The average Bonchev–Trinajstić information content (AvgIpc) is 3.38. The standard InChI is InChI=1S/C64H52N2/c1-49-26-38-59(39-27-49)65(47-63(55-18-7-3-8-19-55)56-20-9-4-10-21-56)61-42-34-51(35-43-61)30-32-53-16-15-17-54(46-53)33-31-52-36-44-62(45-37-52)66(60-40-28-50(2)29-41-60)48-64(57-22-11-5-12-23-57)58-24-13-6-14-25-58/h3-48H,1-2H3. The Balaban J connectivity index is 0.939. The van der Waals surface area contributed by atoms with Gasteiger partial charge in [0.25, 0.3) is 0 Å². The molecule has 0 aliphatic rings. The van der Waals surface area contributed by atoms with E-state index < -0.39 is 0 Å². The highest BCUT2D eigenvalue weighted by molar-refractivity contribution is 5.86. The monoisotopic (exact) mass is 848 g/mol. The summed E-state index contributed by atoms with van der Waals surface area (Å²) in [4.78, 5) is 4.58. The lowest BCUT2D eigenvalue weighted by molar-refractivity contribution is 1.27. The van der Waals surface area contributed by atoms with E-state index in [4.69, 9.17) is 0 Å². The maximum atomic E-state index is 2.29. The van der Waals surface area contributed by atoms with Gasteiger partial charge in [0.1, 0.15) is 0 Å². The first-order chi connectivity index (χ1) is 32.5. The summed E-state index contributed by atoms with van der Waals surface area (Å²) in [5.41, 5.74) is 18.4. The van der Waals surface area contributed by atoms with Crippen LogP contribution in [0.1, 0.15) is 55.6 Å². The Bertz CT molecular complexity index is 2780. The Morgan fingerprint density at radius 3 is 0.848 bits per heavy atom. The van der Waals surface area contributed by atoms with Crippen molar-refractivity contribution < 1.29 is 0 Å². The molecule has 0 spiro atoms. The zero-order valence-corrected chi connectivity index (χ0v) is 37.5. The van der Waals surface area contributed by atoms with Crippen molar-refractivity contribution in [3.63, 3.8) is 0 Å². The molecule has 9 aromatic carbocycles. The summed E-state index contributed by atoms with van der Waals surface area (Å²) in [5.74, 6) is 0. The fourth-order valence-corrected chi connectivity index (χ4v) is 8.01. The molecule has 0 amide bonds. The van der Waals surface area contributed by atoms with Crippen LogP contribution in [0, 0.1) is 13.8 Å². The van der Waals surface area contributed by atoms with E-state index in [9.17, 15) is 0 Å². The van der Waals surface area contributed by atoms with Crippen LogP contribution in [0.3, 0.4) is 0 Å². The van der Waals surface area contributed by atoms with E-state index in [0.29, 0.717) is 0 Å². The number of anilines is 4. The van der Waals surface area contributed by atoms with Crippen LogP contribution in [0.25, 0.3) is 35.5 Å². The highest BCUT2D eigenvalue weighted by atomic mass is 15.1. The molecule has 318 valence electrons. The third-order valence-corrected chi connectivity index (χ3v) is 11.7. The van der Waals surface area contributed by atoms with Crippen LogP contribution >= 0.6 is 0 Å². The fourth-order valence-electron chi connectivity index (χ4n) is 8.01. The first-order valence-corrected chi connectivity index (χ1v) is 22.6. The zero-order valence-electron chi connectivity index (χ0n) is 37.5. The molecule has 2 heteroatoms. The molecule has 0 aromatic heterocycles. The van der Waals surface area contributed by atoms with Crippen LogP contribution in [0.15, 0.2) is 255 Å². The average molecular weight is 849 g/mol. The Hall–Kier alpha value is -8.46. The molecule has 0 saturated carbocycles. The quantitative estimate of drug-likeness (QED) is 0.101. The van der Waals surface area contributed by atoms with Crippen molar-refractivity contribution in [2.75, 3.05) is 9.80 Å². The van der Waals surface area contributed by atoms with Crippen LogP contribution in [0.5, 0.6) is 0 Å². The van der Waals surface area contributed by atoms with Gasteiger partial charge in [0, 0.05) is 46.3 Å². The molecule has 0 N–H and O–H groups in total. The molecule has 0 atom stereocenters. The second-order valence-electron chi connectivity index (χ2n) is 16.5. The number of nitrogens with zero attached hydrogens (tertiary/aromatic N) is 2. The minimum Gasteiger partial charge on any atom is -0.317 e. The summed E-state index contributed by atoms with van der Waals surface area (Å²) < 4.78 is 0. The number of rotatable bonds is 14. The van der Waals surface area contributed by atoms with Crippen LogP contribution < -0.4 is 9.80 Å². The van der Waals surface area contributed by atoms with E-state index in [2.05, 4.69) is 303 Å². The van der Waals surface area contributed by atoms with Crippen LogP contribution in [-0.2, 0) is 0 Å². The van der Waals surface area contributed by atoms with E-state index >= 15 is 0 Å². The Kier molecular flexibility index (Phi) is 13.5. The summed E-state index contributed by atoms with van der Waals surface area (Å²) in [6.45, 7) is 4.26. The third-order valence-electron chi connectivity index (χ3n) is 11.7. The lowest BCUT2D eigenvalue weighted by atomic mass is 9.98. The van der Waals surface area contributed by atoms with Gasteiger partial charge in [-0.3, -0.25) is 0 Å². The SMILES string of the molecule is Cc1ccc(N(C=C(c2ccccc2)c2ccccc2)c2ccc(C=Cc3cccc(C=Cc4ccc(N(C=C(c5ccccc5)c5ccccc5)c5ccc(C)cc5)cc4)c3)cc2)cc1. The van der Waals surface area contributed by atoms with Gasteiger partial charge in [0.15, 0.2) is 0 Å². The van der Waals surface area contributed by atoms with Gasteiger partial charge in [0.05, 0.1) is 0 Å². The molecule has 0 bridgehead atoms. The largest absolute Gasteiger partial charge is 0.317 e. The third kappa shape index (κ3) is 10.8. The summed E-state index contributed by atoms with van der Waals surface area (Å²) in [6, 6.07) is 86.2. The molecule has 0 saturated heterocycles. The summed E-state index contributed by atoms with van der Waals surface area (Å²) in [6.07, 6.45) is 13.3. The second-order valence-corrected chi connectivity index (χ2v) is 16.5. The van der Waals surface area contributed by atoms with Gasteiger partial charge in [0.2, 0.25) is 0 Å². The van der Waals surface area contributed by atoms with Crippen LogP contribution in [0.4, 0.5) is 22.7 Å². The molecule has 66 heavy (non-hydrogen) atoms. The fraction of sp³-hybridized carbons (Fsp3) is 0.0312. The minimum atomic E-state index is 1.09. The summed E-state index contributed by atoms with van der Waals surface area (Å²) >= 11 is 0. The van der Waals surface area contributed by atoms with Crippen LogP contribution in [-0.4, -0.2) is 0 Å². The van der Waals surface area contributed by atoms with E-state index in [1.165, 1.54) is 33.4 Å². The maximum absolute atomic E-state index is 2.29. The lowest BCUT2D eigenvalue weighted by Crippen LogP contribution is -2.10. The smallest absolute Gasteiger partial charge is 0.0456 e. The first kappa shape index (κ1) is 42.8. The van der Waals surface area contributed by atoms with Gasteiger partial charge in [-0.2, -0.15) is 0 Å². The topological polar surface area (TPSA) is 6.48 Å².